The Balaban J connectivity index is 2.42. The highest BCUT2D eigenvalue weighted by atomic mass is 79.9. The van der Waals surface area contributed by atoms with Crippen LogP contribution in [-0.4, -0.2) is 13.2 Å². The Morgan fingerprint density at radius 1 is 1.27 bits per heavy atom. The summed E-state index contributed by atoms with van der Waals surface area (Å²) in [5.41, 5.74) is 1.03. The molecule has 1 unspecified atom stereocenters. The predicted octanol–water partition coefficient (Wildman–Crippen LogP) is 3.91. The molecule has 1 aromatic rings. The van der Waals surface area contributed by atoms with E-state index in [4.69, 9.17) is 21.1 Å². The summed E-state index contributed by atoms with van der Waals surface area (Å²) in [7, 11) is 0. The van der Waals surface area contributed by atoms with Gasteiger partial charge in [0.2, 0.25) is 0 Å². The van der Waals surface area contributed by atoms with E-state index in [-0.39, 0.29) is 5.38 Å². The zero-order valence-corrected chi connectivity index (χ0v) is 10.8. The summed E-state index contributed by atoms with van der Waals surface area (Å²) >= 11 is 9.55. The normalized spacial score (nSPS) is 17.0. The van der Waals surface area contributed by atoms with Crippen molar-refractivity contribution in [1.29, 1.82) is 0 Å². The minimum atomic E-state index is -0.0449. The molecule has 15 heavy (non-hydrogen) atoms. The summed E-state index contributed by atoms with van der Waals surface area (Å²) in [4.78, 5) is 0. The van der Waals surface area contributed by atoms with Crippen LogP contribution in [0.1, 0.15) is 24.3 Å². The highest BCUT2D eigenvalue weighted by Crippen LogP contribution is 2.38. The molecule has 1 heterocycles. The van der Waals surface area contributed by atoms with Crippen LogP contribution in [-0.2, 0) is 0 Å². The van der Waals surface area contributed by atoms with Crippen molar-refractivity contribution in [3.63, 3.8) is 0 Å². The standard InChI is InChI=1S/C11H12BrClO2/c1-7(13)8-5-10-11(6-9(8)12)15-4-2-3-14-10/h5-7H,2-4H2,1H3. The number of hydrogen-bond acceptors (Lipinski definition) is 2. The SMILES string of the molecule is CC(Cl)c1cc2c(cc1Br)OCCCO2. The number of hydrogen-bond donors (Lipinski definition) is 0. The summed E-state index contributed by atoms with van der Waals surface area (Å²) in [6.07, 6.45) is 0.915. The number of benzene rings is 1. The van der Waals surface area contributed by atoms with Crippen molar-refractivity contribution in [2.75, 3.05) is 13.2 Å². The van der Waals surface area contributed by atoms with Gasteiger partial charge in [-0.1, -0.05) is 15.9 Å². The third kappa shape index (κ3) is 2.40. The van der Waals surface area contributed by atoms with Gasteiger partial charge in [-0.3, -0.25) is 0 Å². The molecule has 0 spiro atoms. The summed E-state index contributed by atoms with van der Waals surface area (Å²) in [6, 6.07) is 3.87. The minimum absolute atomic E-state index is 0.0449. The molecule has 1 aliphatic heterocycles. The summed E-state index contributed by atoms with van der Waals surface area (Å²) in [5.74, 6) is 1.58. The van der Waals surface area contributed by atoms with Crippen molar-refractivity contribution < 1.29 is 9.47 Å². The van der Waals surface area contributed by atoms with Crippen molar-refractivity contribution in [2.24, 2.45) is 0 Å². The first kappa shape index (κ1) is 11.1. The number of fused-ring (bicyclic) bond motifs is 1. The van der Waals surface area contributed by atoms with Gasteiger partial charge in [-0.15, -0.1) is 11.6 Å². The van der Waals surface area contributed by atoms with Gasteiger partial charge in [0.1, 0.15) is 0 Å². The molecule has 4 heteroatoms. The molecule has 0 fully saturated rings. The van der Waals surface area contributed by atoms with Crippen LogP contribution in [0.2, 0.25) is 0 Å². The lowest BCUT2D eigenvalue weighted by Gasteiger charge is -2.12. The lowest BCUT2D eigenvalue weighted by atomic mass is 10.1. The van der Waals surface area contributed by atoms with E-state index in [0.717, 1.165) is 28.0 Å². The smallest absolute Gasteiger partial charge is 0.162 e. The van der Waals surface area contributed by atoms with Crippen LogP contribution >= 0.6 is 27.5 Å². The van der Waals surface area contributed by atoms with Crippen molar-refractivity contribution >= 4 is 27.5 Å². The van der Waals surface area contributed by atoms with E-state index in [1.54, 1.807) is 0 Å². The summed E-state index contributed by atoms with van der Waals surface area (Å²) in [6.45, 7) is 3.34. The first-order chi connectivity index (χ1) is 7.18. The van der Waals surface area contributed by atoms with Crippen LogP contribution in [0.25, 0.3) is 0 Å². The van der Waals surface area contributed by atoms with Crippen LogP contribution in [0.3, 0.4) is 0 Å². The second kappa shape index (κ2) is 4.62. The maximum atomic E-state index is 6.07. The van der Waals surface area contributed by atoms with Crippen molar-refractivity contribution in [2.45, 2.75) is 18.7 Å². The predicted molar refractivity (Wildman–Crippen MR) is 64.0 cm³/mol. The van der Waals surface area contributed by atoms with Crippen molar-refractivity contribution in [1.82, 2.24) is 0 Å². The highest BCUT2D eigenvalue weighted by molar-refractivity contribution is 9.10. The number of ether oxygens (including phenoxy) is 2. The van der Waals surface area contributed by atoms with E-state index >= 15 is 0 Å². The van der Waals surface area contributed by atoms with Crippen LogP contribution in [0.15, 0.2) is 16.6 Å². The molecular weight excluding hydrogens is 279 g/mol. The molecule has 1 aromatic carbocycles. The van der Waals surface area contributed by atoms with Gasteiger partial charge in [-0.2, -0.15) is 0 Å². The van der Waals surface area contributed by atoms with Crippen LogP contribution in [0.4, 0.5) is 0 Å². The molecule has 0 aromatic heterocycles. The molecule has 0 amide bonds. The Labute approximate surface area is 103 Å². The largest absolute Gasteiger partial charge is 0.490 e. The Morgan fingerprint density at radius 2 is 1.87 bits per heavy atom. The fourth-order valence-corrected chi connectivity index (χ4v) is 2.48. The molecule has 2 rings (SSSR count). The quantitative estimate of drug-likeness (QED) is 0.730. The fourth-order valence-electron chi connectivity index (χ4n) is 1.50. The van der Waals surface area contributed by atoms with Crippen molar-refractivity contribution in [3.8, 4) is 11.5 Å². The molecule has 0 N–H and O–H groups in total. The Kier molecular flexibility index (Phi) is 3.42. The Morgan fingerprint density at radius 3 is 2.47 bits per heavy atom. The third-order valence-electron chi connectivity index (χ3n) is 2.30. The van der Waals surface area contributed by atoms with E-state index < -0.39 is 0 Å². The molecule has 1 aliphatic rings. The van der Waals surface area contributed by atoms with Gasteiger partial charge in [0, 0.05) is 10.9 Å². The average Bonchev–Trinajstić information content (AvgIpc) is 2.40. The van der Waals surface area contributed by atoms with Gasteiger partial charge in [0.25, 0.3) is 0 Å². The maximum Gasteiger partial charge on any atom is 0.162 e. The topological polar surface area (TPSA) is 18.5 Å². The fraction of sp³-hybridized carbons (Fsp3) is 0.455. The molecule has 82 valence electrons. The van der Waals surface area contributed by atoms with E-state index in [1.165, 1.54) is 0 Å². The number of alkyl halides is 1. The zero-order chi connectivity index (χ0) is 10.8. The molecule has 0 saturated heterocycles. The van der Waals surface area contributed by atoms with Gasteiger partial charge in [0.05, 0.1) is 18.6 Å². The van der Waals surface area contributed by atoms with Gasteiger partial charge >= 0.3 is 0 Å². The lowest BCUT2D eigenvalue weighted by molar-refractivity contribution is 0.297. The van der Waals surface area contributed by atoms with E-state index in [0.29, 0.717) is 13.2 Å². The molecular formula is C11H12BrClO2. The lowest BCUT2D eigenvalue weighted by Crippen LogP contribution is -1.97. The van der Waals surface area contributed by atoms with Crippen molar-refractivity contribution in [3.05, 3.63) is 22.2 Å². The average molecular weight is 292 g/mol. The molecule has 0 radical (unpaired) electrons. The number of halogens is 2. The third-order valence-corrected chi connectivity index (χ3v) is 3.22. The molecule has 0 bridgehead atoms. The van der Waals surface area contributed by atoms with Gasteiger partial charge < -0.3 is 9.47 Å². The molecule has 0 aliphatic carbocycles. The van der Waals surface area contributed by atoms with Gasteiger partial charge in [-0.25, -0.2) is 0 Å². The van der Waals surface area contributed by atoms with E-state index in [2.05, 4.69) is 15.9 Å². The van der Waals surface area contributed by atoms with Crippen LogP contribution in [0.5, 0.6) is 11.5 Å². The van der Waals surface area contributed by atoms with Gasteiger partial charge in [-0.05, 0) is 24.6 Å². The number of rotatable bonds is 1. The first-order valence-corrected chi connectivity index (χ1v) is 6.14. The summed E-state index contributed by atoms with van der Waals surface area (Å²) in [5, 5.41) is -0.0449. The maximum absolute atomic E-state index is 6.07. The van der Waals surface area contributed by atoms with E-state index in [1.807, 2.05) is 19.1 Å². The van der Waals surface area contributed by atoms with E-state index in [9.17, 15) is 0 Å². The molecule has 2 nitrogen and oxygen atoms in total. The Bertz CT molecular complexity index is 366. The molecule has 0 saturated carbocycles. The minimum Gasteiger partial charge on any atom is -0.490 e. The first-order valence-electron chi connectivity index (χ1n) is 4.91. The Hall–Kier alpha value is -0.410. The second-order valence-electron chi connectivity index (χ2n) is 3.49. The summed E-state index contributed by atoms with van der Waals surface area (Å²) < 4.78 is 12.1. The highest BCUT2D eigenvalue weighted by Gasteiger charge is 2.15. The van der Waals surface area contributed by atoms with Gasteiger partial charge in [0.15, 0.2) is 11.5 Å². The monoisotopic (exact) mass is 290 g/mol. The van der Waals surface area contributed by atoms with Crippen LogP contribution < -0.4 is 9.47 Å². The zero-order valence-electron chi connectivity index (χ0n) is 8.43. The van der Waals surface area contributed by atoms with Crippen LogP contribution in [0, 0.1) is 0 Å². The second-order valence-corrected chi connectivity index (χ2v) is 5.00. The molecule has 1 atom stereocenters.